The van der Waals surface area contributed by atoms with E-state index in [9.17, 15) is 24.9 Å². The molecule has 0 saturated carbocycles. The monoisotopic (exact) mass is 413 g/mol. The Balaban J connectivity index is 1.69. The van der Waals surface area contributed by atoms with Gasteiger partial charge in [-0.2, -0.15) is 0 Å². The van der Waals surface area contributed by atoms with E-state index in [1.165, 1.54) is 18.2 Å². The zero-order valence-corrected chi connectivity index (χ0v) is 16.5. The maximum absolute atomic E-state index is 13.0. The van der Waals surface area contributed by atoms with Crippen LogP contribution in [0.2, 0.25) is 0 Å². The first-order chi connectivity index (χ1) is 14.2. The quantitative estimate of drug-likeness (QED) is 0.477. The van der Waals surface area contributed by atoms with Crippen LogP contribution in [0.15, 0.2) is 30.3 Å². The molecule has 2 aromatic carbocycles. The summed E-state index contributed by atoms with van der Waals surface area (Å²) in [7, 11) is 0. The number of hydrogen-bond acceptors (Lipinski definition) is 8. The highest BCUT2D eigenvalue weighted by atomic mass is 16.7. The third kappa shape index (κ3) is 3.18. The van der Waals surface area contributed by atoms with Gasteiger partial charge >= 0.3 is 0 Å². The summed E-state index contributed by atoms with van der Waals surface area (Å²) in [6.45, 7) is 3.29. The molecule has 0 amide bonds. The minimum atomic E-state index is -0.815. The topological polar surface area (TPSA) is 139 Å². The van der Waals surface area contributed by atoms with Gasteiger partial charge in [-0.15, -0.1) is 0 Å². The Bertz CT molecular complexity index is 1020. The maximum atomic E-state index is 13.0. The summed E-state index contributed by atoms with van der Waals surface area (Å²) in [6.07, 6.45) is -2.65. The highest BCUT2D eigenvalue weighted by Gasteiger charge is 2.38. The van der Waals surface area contributed by atoms with E-state index in [4.69, 9.17) is 15.2 Å². The van der Waals surface area contributed by atoms with Gasteiger partial charge in [0.05, 0.1) is 29.4 Å². The minimum Gasteiger partial charge on any atom is -0.507 e. The number of nitrogens with two attached hydrogens (primary N) is 1. The summed E-state index contributed by atoms with van der Waals surface area (Å²) in [6, 6.07) is 6.95. The molecule has 1 saturated heterocycles. The molecule has 0 aromatic heterocycles. The van der Waals surface area contributed by atoms with Crippen LogP contribution < -0.4 is 5.73 Å². The smallest absolute Gasteiger partial charge is 0.198 e. The highest BCUT2D eigenvalue weighted by Crippen LogP contribution is 2.43. The number of hydrogen-bond donors (Lipinski definition) is 4. The molecular weight excluding hydrogens is 390 g/mol. The molecule has 0 radical (unpaired) electrons. The van der Waals surface area contributed by atoms with Crippen molar-refractivity contribution in [1.82, 2.24) is 0 Å². The number of ether oxygens (including phenoxy) is 2. The van der Waals surface area contributed by atoms with Gasteiger partial charge in [-0.25, -0.2) is 0 Å². The Morgan fingerprint density at radius 1 is 1.13 bits per heavy atom. The molecule has 0 spiro atoms. The third-order valence-corrected chi connectivity index (χ3v) is 5.72. The molecular formula is C22H23NO7. The third-order valence-electron chi connectivity index (χ3n) is 5.72. The van der Waals surface area contributed by atoms with Gasteiger partial charge in [0.2, 0.25) is 0 Å². The first-order valence-corrected chi connectivity index (χ1v) is 9.72. The number of fused-ring (bicyclic) bond motifs is 2. The van der Waals surface area contributed by atoms with Crippen LogP contribution in [0.5, 0.6) is 11.5 Å². The van der Waals surface area contributed by atoms with E-state index in [0.29, 0.717) is 0 Å². The summed E-state index contributed by atoms with van der Waals surface area (Å²) in [4.78, 5) is 25.8. The average Bonchev–Trinajstić information content (AvgIpc) is 2.71. The molecule has 0 bridgehead atoms. The van der Waals surface area contributed by atoms with E-state index in [0.717, 1.165) is 0 Å². The van der Waals surface area contributed by atoms with Crippen molar-refractivity contribution in [2.45, 2.75) is 50.9 Å². The number of aromatic hydroxyl groups is 2. The van der Waals surface area contributed by atoms with E-state index < -0.39 is 53.7 Å². The number of aliphatic hydroxyl groups excluding tert-OH is 1. The zero-order valence-electron chi connectivity index (χ0n) is 16.5. The molecule has 30 heavy (non-hydrogen) atoms. The van der Waals surface area contributed by atoms with Gasteiger partial charge in [0.25, 0.3) is 0 Å². The molecule has 1 heterocycles. The standard InChI is InChI=1S/C22H23NO7/c1-9(29-16-8-14(23)19(25)10(2)30-16)13-7-15(24)17-18(22(13)28)21(27)12-6-4-3-5-11(12)20(17)26/h3-7,9-10,14,16,19,24-25,28H,8,23H2,1-2H3/t9-,10-,14-,16+,19-/m0/s1. The van der Waals surface area contributed by atoms with Crippen LogP contribution in [0.3, 0.4) is 0 Å². The first-order valence-electron chi connectivity index (χ1n) is 9.72. The van der Waals surface area contributed by atoms with Crippen molar-refractivity contribution in [3.8, 4) is 11.5 Å². The van der Waals surface area contributed by atoms with Crippen LogP contribution in [0, 0.1) is 0 Å². The second kappa shape index (κ2) is 7.48. The number of rotatable bonds is 3. The lowest BCUT2D eigenvalue weighted by Crippen LogP contribution is -2.51. The molecule has 1 aliphatic carbocycles. The number of benzene rings is 2. The van der Waals surface area contributed by atoms with Crippen molar-refractivity contribution in [2.24, 2.45) is 5.73 Å². The van der Waals surface area contributed by atoms with Gasteiger partial charge in [-0.3, -0.25) is 9.59 Å². The second-order valence-electron chi connectivity index (χ2n) is 7.73. The molecule has 4 rings (SSSR count). The fraction of sp³-hybridized carbons (Fsp3) is 0.364. The largest absolute Gasteiger partial charge is 0.507 e. The van der Waals surface area contributed by atoms with Crippen molar-refractivity contribution in [3.63, 3.8) is 0 Å². The number of phenolic OH excluding ortho intramolecular Hbond substituents is 2. The number of carbonyl (C=O) groups is 2. The van der Waals surface area contributed by atoms with E-state index in [-0.39, 0.29) is 34.2 Å². The summed E-state index contributed by atoms with van der Waals surface area (Å²) in [5, 5.41) is 31.3. The number of phenols is 2. The summed E-state index contributed by atoms with van der Waals surface area (Å²) in [5.41, 5.74) is 5.94. The maximum Gasteiger partial charge on any atom is 0.198 e. The van der Waals surface area contributed by atoms with Crippen molar-refractivity contribution in [2.75, 3.05) is 0 Å². The lowest BCUT2D eigenvalue weighted by Gasteiger charge is -2.37. The van der Waals surface area contributed by atoms with E-state index >= 15 is 0 Å². The van der Waals surface area contributed by atoms with E-state index in [2.05, 4.69) is 0 Å². The van der Waals surface area contributed by atoms with Crippen LogP contribution in [0.4, 0.5) is 0 Å². The molecule has 1 fully saturated rings. The van der Waals surface area contributed by atoms with Crippen LogP contribution >= 0.6 is 0 Å². The zero-order chi connectivity index (χ0) is 21.7. The summed E-state index contributed by atoms with van der Waals surface area (Å²) in [5.74, 6) is -1.91. The molecule has 2 aliphatic rings. The van der Waals surface area contributed by atoms with Crippen LogP contribution in [-0.2, 0) is 9.47 Å². The molecule has 5 N–H and O–H groups in total. The Labute approximate surface area is 172 Å². The molecule has 0 unspecified atom stereocenters. The lowest BCUT2D eigenvalue weighted by atomic mass is 9.81. The Morgan fingerprint density at radius 3 is 2.33 bits per heavy atom. The molecule has 8 heteroatoms. The number of ketones is 2. The summed E-state index contributed by atoms with van der Waals surface area (Å²) >= 11 is 0. The highest BCUT2D eigenvalue weighted by molar-refractivity contribution is 6.30. The fourth-order valence-corrected chi connectivity index (χ4v) is 4.06. The van der Waals surface area contributed by atoms with E-state index in [1.807, 2.05) is 0 Å². The first kappa shape index (κ1) is 20.5. The van der Waals surface area contributed by atoms with Gasteiger partial charge < -0.3 is 30.5 Å². The fourth-order valence-electron chi connectivity index (χ4n) is 4.06. The Morgan fingerprint density at radius 2 is 1.73 bits per heavy atom. The van der Waals surface area contributed by atoms with Crippen molar-refractivity contribution < 1.29 is 34.4 Å². The van der Waals surface area contributed by atoms with Crippen LogP contribution in [-0.4, -0.2) is 51.4 Å². The van der Waals surface area contributed by atoms with Gasteiger partial charge in [-0.1, -0.05) is 24.3 Å². The predicted molar refractivity (Wildman–Crippen MR) is 106 cm³/mol. The lowest BCUT2D eigenvalue weighted by molar-refractivity contribution is -0.238. The Kier molecular flexibility index (Phi) is 5.11. The van der Waals surface area contributed by atoms with E-state index in [1.54, 1.807) is 26.0 Å². The second-order valence-corrected chi connectivity index (χ2v) is 7.73. The molecule has 5 atom stereocenters. The van der Waals surface area contributed by atoms with Gasteiger partial charge in [0.1, 0.15) is 11.5 Å². The van der Waals surface area contributed by atoms with Crippen molar-refractivity contribution >= 4 is 11.6 Å². The summed E-state index contributed by atoms with van der Waals surface area (Å²) < 4.78 is 11.5. The number of aliphatic hydroxyl groups is 1. The van der Waals surface area contributed by atoms with Crippen molar-refractivity contribution in [3.05, 3.63) is 58.1 Å². The average molecular weight is 413 g/mol. The SMILES string of the molecule is C[C@H](O[C@H]1C[C@H](N)[C@@H](O)[C@H](C)O1)c1cc(O)c2c(c1O)C(=O)c1ccccc1C2=O. The predicted octanol–water partition coefficient (Wildman–Crippen LogP) is 1.77. The van der Waals surface area contributed by atoms with Crippen LogP contribution in [0.1, 0.15) is 63.8 Å². The minimum absolute atomic E-state index is 0.141. The molecule has 1 aliphatic heterocycles. The molecule has 2 aromatic rings. The molecule has 8 nitrogen and oxygen atoms in total. The van der Waals surface area contributed by atoms with Crippen LogP contribution in [0.25, 0.3) is 0 Å². The van der Waals surface area contributed by atoms with Crippen molar-refractivity contribution in [1.29, 1.82) is 0 Å². The normalized spacial score (nSPS) is 26.8. The number of carbonyl (C=O) groups excluding carboxylic acids is 2. The molecule has 158 valence electrons. The Hall–Kier alpha value is -2.78. The van der Waals surface area contributed by atoms with Gasteiger partial charge in [0.15, 0.2) is 17.9 Å². The van der Waals surface area contributed by atoms with Gasteiger partial charge in [-0.05, 0) is 19.9 Å². The van der Waals surface area contributed by atoms with Gasteiger partial charge in [0, 0.05) is 29.2 Å².